The molecule has 0 aliphatic carbocycles. The van der Waals surface area contributed by atoms with Crippen molar-refractivity contribution < 1.29 is 36.9 Å². The largest absolute Gasteiger partial charge is 0.744 e. The summed E-state index contributed by atoms with van der Waals surface area (Å²) < 4.78 is 34.1. The number of rotatable bonds is 44. The number of nitrogens with zero attached hydrogens (tertiary/aromatic N) is 2. The van der Waals surface area contributed by atoms with Gasteiger partial charge in [0.25, 0.3) is 0 Å². The summed E-state index contributed by atoms with van der Waals surface area (Å²) in [6.45, 7) is 22.4. The van der Waals surface area contributed by atoms with Crippen LogP contribution in [0.4, 0.5) is 0 Å². The molecule has 0 saturated carbocycles. The molecule has 392 valence electrons. The minimum Gasteiger partial charge on any atom is -0.744 e. The number of hydrogen-bond acceptors (Lipinski definition) is 6. The number of phenols is 1. The number of benzene rings is 1. The fourth-order valence-corrected chi connectivity index (χ4v) is 9.64. The molecular weight excluding hydrogens is 841 g/mol. The highest BCUT2D eigenvalue weighted by atomic mass is 32.2. The van der Waals surface area contributed by atoms with Gasteiger partial charge in [0.15, 0.2) is 0 Å². The van der Waals surface area contributed by atoms with Crippen molar-refractivity contribution in [2.75, 3.05) is 53.4 Å². The molecule has 9 heteroatoms. The van der Waals surface area contributed by atoms with E-state index in [1.807, 2.05) is 0 Å². The minimum absolute atomic E-state index is 0.549. The lowest BCUT2D eigenvalue weighted by molar-refractivity contribution is -0.910. The molecule has 0 spiro atoms. The van der Waals surface area contributed by atoms with E-state index in [9.17, 15) is 22.9 Å². The summed E-state index contributed by atoms with van der Waals surface area (Å²) in [6, 6.07) is 2.16. The molecule has 0 heterocycles. The Hall–Kier alpha value is -1.68. The van der Waals surface area contributed by atoms with E-state index in [-0.39, 0.29) is 0 Å². The highest BCUT2D eigenvalue weighted by Crippen LogP contribution is 2.21. The van der Waals surface area contributed by atoms with Crippen molar-refractivity contribution in [2.24, 2.45) is 0 Å². The zero-order chi connectivity index (χ0) is 49.6. The van der Waals surface area contributed by atoms with Crippen LogP contribution in [0.1, 0.15) is 283 Å². The third kappa shape index (κ3) is 41.3. The summed E-state index contributed by atoms with van der Waals surface area (Å²) in [7, 11) is 0.391. The van der Waals surface area contributed by atoms with Crippen LogP contribution in [0.3, 0.4) is 0 Å². The van der Waals surface area contributed by atoms with Gasteiger partial charge in [0.05, 0.1) is 64.2 Å². The van der Waals surface area contributed by atoms with Gasteiger partial charge in [-0.05, 0) is 95.2 Å². The number of unbranched alkanes of at least 4 members (excludes halogenated alkanes) is 30. The molecule has 0 amide bonds. The summed E-state index contributed by atoms with van der Waals surface area (Å²) in [5, 5.41) is 19.3. The van der Waals surface area contributed by atoms with Gasteiger partial charge in [-0.2, -0.15) is 0 Å². The number of aromatic hydroxyl groups is 1. The van der Waals surface area contributed by atoms with Crippen LogP contribution in [-0.2, 0) is 10.1 Å². The fourth-order valence-electron chi connectivity index (χ4n) is 9.15. The first-order chi connectivity index (χ1) is 31.7. The van der Waals surface area contributed by atoms with E-state index >= 15 is 0 Å². The van der Waals surface area contributed by atoms with E-state index in [1.54, 1.807) is 0 Å². The number of carboxylic acids is 1. The Morgan fingerprint density at radius 3 is 0.833 bits per heavy atom. The molecule has 0 atom stereocenters. The predicted molar refractivity (Wildman–Crippen MR) is 282 cm³/mol. The number of quaternary nitrogens is 2. The lowest BCUT2D eigenvalue weighted by atomic mass is 10.1. The van der Waals surface area contributed by atoms with Crippen molar-refractivity contribution in [3.8, 4) is 5.75 Å². The summed E-state index contributed by atoms with van der Waals surface area (Å²) in [5.41, 5.74) is -0.734. The van der Waals surface area contributed by atoms with Crippen LogP contribution in [-0.4, -0.2) is 86.4 Å². The standard InChI is InChI=1S/2C25H54N.C7H6O6S/c2*1-5-8-11-14-17-20-23-26(4,24-21-18-15-12-9-6-2)25-22-19-16-13-10-7-3;8-6-2-1-4(14(11,12)13)3-5(6)7(9)10/h2*5-25H2,1-4H3;1-3,8H,(H,9,10)(H,11,12,13)/q2*+1;/p-2. The molecule has 1 N–H and O–H groups in total. The Balaban J connectivity index is 0. The van der Waals surface area contributed by atoms with E-state index in [2.05, 4.69) is 55.6 Å². The zero-order valence-corrected chi connectivity index (χ0v) is 46.0. The van der Waals surface area contributed by atoms with Crippen LogP contribution in [0, 0.1) is 0 Å². The molecule has 1 rings (SSSR count). The Bertz CT molecular complexity index is 1190. The summed E-state index contributed by atoms with van der Waals surface area (Å²) >= 11 is 0. The average Bonchev–Trinajstić information content (AvgIpc) is 3.28. The molecule has 0 fully saturated rings. The number of aromatic carboxylic acids is 1. The van der Waals surface area contributed by atoms with Crippen molar-refractivity contribution in [2.45, 2.75) is 278 Å². The smallest absolute Gasteiger partial charge is 0.124 e. The van der Waals surface area contributed by atoms with Gasteiger partial charge in [-0.3, -0.25) is 0 Å². The first kappa shape index (κ1) is 66.4. The quantitative estimate of drug-likeness (QED) is 0.0395. The average molecular weight is 954 g/mol. The van der Waals surface area contributed by atoms with E-state index < -0.39 is 32.3 Å². The number of carboxylic acid groups (broad SMARTS) is 1. The monoisotopic (exact) mass is 953 g/mol. The Morgan fingerprint density at radius 1 is 0.424 bits per heavy atom. The van der Waals surface area contributed by atoms with Crippen LogP contribution in [0.15, 0.2) is 23.1 Å². The van der Waals surface area contributed by atoms with E-state index in [1.165, 1.54) is 279 Å². The van der Waals surface area contributed by atoms with E-state index in [4.69, 9.17) is 5.11 Å². The van der Waals surface area contributed by atoms with E-state index in [0.29, 0.717) is 6.07 Å². The second-order valence-corrected chi connectivity index (χ2v) is 22.0. The third-order valence-corrected chi connectivity index (χ3v) is 14.6. The molecule has 0 aliphatic rings. The Labute approximate surface area is 411 Å². The van der Waals surface area contributed by atoms with Crippen LogP contribution in [0.25, 0.3) is 0 Å². The zero-order valence-electron chi connectivity index (χ0n) is 45.2. The summed E-state index contributed by atoms with van der Waals surface area (Å²) in [6.07, 6.45) is 51.7. The molecule has 0 radical (unpaired) electrons. The topological polar surface area (TPSA) is 118 Å². The Kier molecular flexibility index (Phi) is 46.0. The molecule has 1 aromatic carbocycles. The predicted octanol–water partition coefficient (Wildman–Crippen LogP) is 15.7. The third-order valence-electron chi connectivity index (χ3n) is 13.8. The van der Waals surface area contributed by atoms with E-state index in [0.717, 1.165) is 12.1 Å². The summed E-state index contributed by atoms with van der Waals surface area (Å²) in [4.78, 5) is 9.61. The highest BCUT2D eigenvalue weighted by molar-refractivity contribution is 7.85. The van der Waals surface area contributed by atoms with Crippen LogP contribution in [0.2, 0.25) is 0 Å². The number of carbonyl (C=O) groups excluding carboxylic acids is 1. The minimum atomic E-state index is -4.73. The number of carbonyl (C=O) groups is 1. The second-order valence-electron chi connectivity index (χ2n) is 20.6. The van der Waals surface area contributed by atoms with Crippen molar-refractivity contribution in [1.82, 2.24) is 0 Å². The SMILES string of the molecule is CCCCCCCC[N+](C)(CCCCCCCC)CCCCCCCC.CCCCCCCC[N+](C)(CCCCCCCC)CCCCCCCC.O=C([O-])c1cc(S(=O)(=O)[O-])ccc1O. The van der Waals surface area contributed by atoms with Gasteiger partial charge in [0.1, 0.15) is 15.9 Å². The molecule has 0 bridgehead atoms. The highest BCUT2D eigenvalue weighted by Gasteiger charge is 2.21. The van der Waals surface area contributed by atoms with Gasteiger partial charge >= 0.3 is 0 Å². The first-order valence-corrected chi connectivity index (χ1v) is 29.8. The van der Waals surface area contributed by atoms with Gasteiger partial charge in [0, 0.05) is 5.56 Å². The fraction of sp³-hybridized carbons (Fsp3) is 0.877. The maximum Gasteiger partial charge on any atom is 0.124 e. The van der Waals surface area contributed by atoms with Crippen molar-refractivity contribution >= 4 is 16.1 Å². The first-order valence-electron chi connectivity index (χ1n) is 28.4. The van der Waals surface area contributed by atoms with Crippen LogP contribution in [0.5, 0.6) is 5.75 Å². The maximum absolute atomic E-state index is 10.5. The molecule has 8 nitrogen and oxygen atoms in total. The summed E-state index contributed by atoms with van der Waals surface area (Å²) in [5.74, 6) is -2.41. The van der Waals surface area contributed by atoms with Gasteiger partial charge < -0.3 is 28.5 Å². The maximum atomic E-state index is 10.5. The molecule has 1 aromatic rings. The molecule has 0 aromatic heterocycles. The molecule has 66 heavy (non-hydrogen) atoms. The molecule has 0 unspecified atom stereocenters. The van der Waals surface area contributed by atoms with Gasteiger partial charge in [0.2, 0.25) is 0 Å². The van der Waals surface area contributed by atoms with Crippen molar-refractivity contribution in [3.63, 3.8) is 0 Å². The van der Waals surface area contributed by atoms with Crippen LogP contribution < -0.4 is 5.11 Å². The van der Waals surface area contributed by atoms with Crippen molar-refractivity contribution in [3.05, 3.63) is 23.8 Å². The number of hydrogen-bond donors (Lipinski definition) is 1. The van der Waals surface area contributed by atoms with Crippen LogP contribution >= 0.6 is 0 Å². The molecular formula is C57H112N2O6S. The normalized spacial score (nSPS) is 11.8. The molecule has 0 aliphatic heterocycles. The van der Waals surface area contributed by atoms with Gasteiger partial charge in [-0.25, -0.2) is 8.42 Å². The molecule has 0 saturated heterocycles. The lowest BCUT2D eigenvalue weighted by Crippen LogP contribution is -2.46. The van der Waals surface area contributed by atoms with Crippen molar-refractivity contribution in [1.29, 1.82) is 0 Å². The van der Waals surface area contributed by atoms with Gasteiger partial charge in [-0.15, -0.1) is 0 Å². The Morgan fingerprint density at radius 2 is 0.636 bits per heavy atom. The van der Waals surface area contributed by atoms with Gasteiger partial charge in [-0.1, -0.05) is 196 Å². The lowest BCUT2D eigenvalue weighted by Gasteiger charge is -2.35. The second kappa shape index (κ2) is 45.7.